The van der Waals surface area contributed by atoms with E-state index >= 15 is 0 Å². The zero-order chi connectivity index (χ0) is 18.9. The van der Waals surface area contributed by atoms with E-state index in [-0.39, 0.29) is 0 Å². The van der Waals surface area contributed by atoms with Gasteiger partial charge in [-0.1, -0.05) is 66.8 Å². The van der Waals surface area contributed by atoms with Crippen LogP contribution in [0.25, 0.3) is 16.2 Å². The molecule has 0 radical (unpaired) electrons. The summed E-state index contributed by atoms with van der Waals surface area (Å²) in [4.78, 5) is 1.28. The quantitative estimate of drug-likeness (QED) is 0.448. The lowest BCUT2D eigenvalue weighted by Gasteiger charge is -2.23. The Kier molecular flexibility index (Phi) is 5.04. The van der Waals surface area contributed by atoms with Crippen LogP contribution in [-0.4, -0.2) is 0 Å². The standard InChI is InChI=1S/C24H23OPS/c1-3-10-23-18(2)22-16-15-21(17-24(22)27-23)26(25,19-11-6-4-7-12-19)20-13-8-5-9-14-20/h3-8,10-13,15-17H,9,14H2,1-2H3/b10-3-. The Morgan fingerprint density at radius 1 is 1.07 bits per heavy atom. The summed E-state index contributed by atoms with van der Waals surface area (Å²) in [7, 11) is -2.83. The summed E-state index contributed by atoms with van der Waals surface area (Å²) in [5.41, 5.74) is 1.30. The van der Waals surface area contributed by atoms with E-state index in [9.17, 15) is 4.57 Å². The molecule has 0 bridgehead atoms. The lowest BCUT2D eigenvalue weighted by molar-refractivity contribution is 0.589. The van der Waals surface area contributed by atoms with E-state index < -0.39 is 7.14 Å². The minimum absolute atomic E-state index is 0.855. The molecule has 136 valence electrons. The van der Waals surface area contributed by atoms with Gasteiger partial charge < -0.3 is 4.57 Å². The SMILES string of the molecule is C/C=C\c1sc2cc(P(=O)(C3=CC=CCC3)c3ccccc3)ccc2c1C. The predicted octanol–water partition coefficient (Wildman–Crippen LogP) is 6.79. The third-order valence-electron chi connectivity index (χ3n) is 5.16. The third kappa shape index (κ3) is 3.18. The summed E-state index contributed by atoms with van der Waals surface area (Å²) >= 11 is 1.78. The minimum Gasteiger partial charge on any atom is -0.309 e. The topological polar surface area (TPSA) is 17.1 Å². The predicted molar refractivity (Wildman–Crippen MR) is 121 cm³/mol. The van der Waals surface area contributed by atoms with Crippen LogP contribution in [0.2, 0.25) is 0 Å². The van der Waals surface area contributed by atoms with Gasteiger partial charge in [0.2, 0.25) is 0 Å². The van der Waals surface area contributed by atoms with Gasteiger partial charge in [-0.2, -0.15) is 0 Å². The van der Waals surface area contributed by atoms with Gasteiger partial charge in [-0.25, -0.2) is 0 Å². The number of aryl methyl sites for hydroxylation is 1. The zero-order valence-corrected chi connectivity index (χ0v) is 17.4. The largest absolute Gasteiger partial charge is 0.309 e. The van der Waals surface area contributed by atoms with Gasteiger partial charge in [-0.15, -0.1) is 11.3 Å². The average molecular weight is 390 g/mol. The summed E-state index contributed by atoms with van der Waals surface area (Å²) in [6.45, 7) is 4.21. The molecule has 27 heavy (non-hydrogen) atoms. The molecule has 2 aromatic carbocycles. The Labute approximate surface area is 165 Å². The van der Waals surface area contributed by atoms with Gasteiger partial charge in [-0.05, 0) is 55.1 Å². The molecule has 0 N–H and O–H groups in total. The number of rotatable bonds is 4. The first kappa shape index (κ1) is 18.2. The Morgan fingerprint density at radius 2 is 1.89 bits per heavy atom. The van der Waals surface area contributed by atoms with E-state index in [1.165, 1.54) is 20.5 Å². The van der Waals surface area contributed by atoms with Gasteiger partial charge in [-0.3, -0.25) is 0 Å². The molecule has 1 aromatic heterocycles. The first-order valence-electron chi connectivity index (χ1n) is 9.33. The molecule has 1 heterocycles. The van der Waals surface area contributed by atoms with Gasteiger partial charge in [0.15, 0.2) is 7.14 Å². The molecular formula is C24H23OPS. The molecule has 0 fully saturated rings. The molecule has 4 rings (SSSR count). The molecule has 3 aromatic rings. The fraction of sp³-hybridized carbons (Fsp3) is 0.167. The maximum atomic E-state index is 14.5. The molecule has 3 heteroatoms. The van der Waals surface area contributed by atoms with Crippen molar-refractivity contribution in [2.45, 2.75) is 26.7 Å². The van der Waals surface area contributed by atoms with Crippen molar-refractivity contribution in [3.8, 4) is 0 Å². The van der Waals surface area contributed by atoms with Gasteiger partial charge in [0.05, 0.1) is 0 Å². The van der Waals surface area contributed by atoms with Gasteiger partial charge >= 0.3 is 0 Å². The zero-order valence-electron chi connectivity index (χ0n) is 15.7. The number of allylic oxidation sites excluding steroid dienone is 5. The number of thiophene rings is 1. The third-order valence-corrected chi connectivity index (χ3v) is 9.59. The summed E-state index contributed by atoms with van der Waals surface area (Å²) in [6.07, 6.45) is 12.3. The van der Waals surface area contributed by atoms with Gasteiger partial charge in [0.1, 0.15) is 0 Å². The number of benzene rings is 2. The molecule has 1 unspecified atom stereocenters. The van der Waals surface area contributed by atoms with Crippen molar-refractivity contribution >= 4 is 45.2 Å². The highest BCUT2D eigenvalue weighted by Crippen LogP contribution is 2.54. The molecule has 1 aliphatic carbocycles. The number of hydrogen-bond donors (Lipinski definition) is 0. The van der Waals surface area contributed by atoms with Crippen LogP contribution < -0.4 is 10.6 Å². The van der Waals surface area contributed by atoms with Crippen LogP contribution in [0.1, 0.15) is 30.2 Å². The molecule has 0 saturated heterocycles. The van der Waals surface area contributed by atoms with Crippen molar-refractivity contribution in [2.75, 3.05) is 0 Å². The lowest BCUT2D eigenvalue weighted by atomic mass is 10.1. The smallest absolute Gasteiger partial charge is 0.167 e. The van der Waals surface area contributed by atoms with Crippen molar-refractivity contribution in [3.05, 3.63) is 88.6 Å². The summed E-state index contributed by atoms with van der Waals surface area (Å²) in [6, 6.07) is 16.4. The van der Waals surface area contributed by atoms with E-state index in [0.29, 0.717) is 0 Å². The monoisotopic (exact) mass is 390 g/mol. The highest BCUT2D eigenvalue weighted by molar-refractivity contribution is 7.82. The fourth-order valence-electron chi connectivity index (χ4n) is 3.71. The van der Waals surface area contributed by atoms with Crippen LogP contribution in [0, 0.1) is 6.92 Å². The highest BCUT2D eigenvalue weighted by Gasteiger charge is 2.32. The van der Waals surface area contributed by atoms with Gasteiger partial charge in [0.25, 0.3) is 0 Å². The van der Waals surface area contributed by atoms with Crippen molar-refractivity contribution in [1.82, 2.24) is 0 Å². The van der Waals surface area contributed by atoms with E-state index in [2.05, 4.69) is 49.4 Å². The molecule has 0 spiro atoms. The Hall–Kier alpha value is -2.15. The van der Waals surface area contributed by atoms with Crippen LogP contribution in [-0.2, 0) is 4.57 Å². The molecule has 0 saturated carbocycles. The van der Waals surface area contributed by atoms with E-state index in [1.807, 2.05) is 43.3 Å². The maximum Gasteiger partial charge on any atom is 0.167 e. The molecule has 1 atom stereocenters. The minimum atomic E-state index is -2.83. The first-order chi connectivity index (χ1) is 13.1. The van der Waals surface area contributed by atoms with Crippen LogP contribution >= 0.6 is 18.5 Å². The second-order valence-electron chi connectivity index (χ2n) is 6.84. The Bertz CT molecular complexity index is 1120. The van der Waals surface area contributed by atoms with Crippen LogP contribution in [0.4, 0.5) is 0 Å². The second kappa shape index (κ2) is 7.46. The first-order valence-corrected chi connectivity index (χ1v) is 11.9. The van der Waals surface area contributed by atoms with E-state index in [0.717, 1.165) is 28.8 Å². The summed E-state index contributed by atoms with van der Waals surface area (Å²) in [5, 5.41) is 4.18. The van der Waals surface area contributed by atoms with Crippen molar-refractivity contribution < 1.29 is 4.57 Å². The molecule has 1 aliphatic rings. The van der Waals surface area contributed by atoms with Crippen LogP contribution in [0.3, 0.4) is 0 Å². The van der Waals surface area contributed by atoms with Crippen LogP contribution in [0.15, 0.2) is 78.1 Å². The van der Waals surface area contributed by atoms with Crippen molar-refractivity contribution in [3.63, 3.8) is 0 Å². The molecule has 0 aliphatic heterocycles. The number of fused-ring (bicyclic) bond motifs is 1. The fourth-order valence-corrected chi connectivity index (χ4v) is 7.91. The van der Waals surface area contributed by atoms with Gasteiger partial charge in [0, 0.05) is 20.2 Å². The van der Waals surface area contributed by atoms with Crippen molar-refractivity contribution in [2.24, 2.45) is 0 Å². The summed E-state index contributed by atoms with van der Waals surface area (Å²) in [5.74, 6) is 0. The second-order valence-corrected chi connectivity index (χ2v) is 10.8. The Morgan fingerprint density at radius 3 is 2.59 bits per heavy atom. The highest BCUT2D eigenvalue weighted by atomic mass is 32.1. The van der Waals surface area contributed by atoms with Crippen LogP contribution in [0.5, 0.6) is 0 Å². The van der Waals surface area contributed by atoms with E-state index in [1.54, 1.807) is 11.3 Å². The summed E-state index contributed by atoms with van der Waals surface area (Å²) < 4.78 is 15.7. The Balaban J connectivity index is 1.94. The van der Waals surface area contributed by atoms with E-state index in [4.69, 9.17) is 0 Å². The lowest BCUT2D eigenvalue weighted by Crippen LogP contribution is -2.18. The molecule has 1 nitrogen and oxygen atoms in total. The number of hydrogen-bond acceptors (Lipinski definition) is 2. The molecule has 0 amide bonds. The normalized spacial score (nSPS) is 16.6. The molecular weight excluding hydrogens is 367 g/mol. The average Bonchev–Trinajstić information content (AvgIpc) is 3.04. The maximum absolute atomic E-state index is 14.5. The van der Waals surface area contributed by atoms with Crippen molar-refractivity contribution in [1.29, 1.82) is 0 Å².